The van der Waals surface area contributed by atoms with E-state index < -0.39 is 23.7 Å². The topological polar surface area (TPSA) is 83.9 Å². The Morgan fingerprint density at radius 3 is 2.04 bits per heavy atom. The zero-order valence-electron chi connectivity index (χ0n) is 17.4. The highest BCUT2D eigenvalue weighted by Crippen LogP contribution is 2.41. The van der Waals surface area contributed by atoms with Crippen molar-refractivity contribution in [3.8, 4) is 5.75 Å². The third-order valence-corrected chi connectivity index (χ3v) is 5.34. The van der Waals surface area contributed by atoms with Gasteiger partial charge >= 0.3 is 5.97 Å². The molecule has 152 valence electrons. The number of imide groups is 1. The number of phenols is 1. The van der Waals surface area contributed by atoms with Crippen molar-refractivity contribution in [2.24, 2.45) is 0 Å². The van der Waals surface area contributed by atoms with Gasteiger partial charge in [-0.1, -0.05) is 41.5 Å². The predicted octanol–water partition coefficient (Wildman–Crippen LogP) is 4.20. The summed E-state index contributed by atoms with van der Waals surface area (Å²) >= 11 is 0.788. The Morgan fingerprint density at radius 2 is 1.61 bits per heavy atom. The van der Waals surface area contributed by atoms with E-state index in [1.165, 1.54) is 7.11 Å². The van der Waals surface area contributed by atoms with Crippen LogP contribution in [0.15, 0.2) is 17.0 Å². The zero-order chi connectivity index (χ0) is 21.4. The van der Waals surface area contributed by atoms with Crippen molar-refractivity contribution in [1.29, 1.82) is 0 Å². The molecule has 2 rings (SSSR count). The van der Waals surface area contributed by atoms with Crippen LogP contribution in [-0.2, 0) is 25.2 Å². The Balaban J connectivity index is 2.52. The van der Waals surface area contributed by atoms with Gasteiger partial charge in [0.15, 0.2) is 0 Å². The van der Waals surface area contributed by atoms with Gasteiger partial charge in [-0.05, 0) is 46.4 Å². The first-order valence-electron chi connectivity index (χ1n) is 8.96. The molecule has 1 aliphatic heterocycles. The highest BCUT2D eigenvalue weighted by molar-refractivity contribution is 8.18. The quantitative estimate of drug-likeness (QED) is 0.599. The van der Waals surface area contributed by atoms with Crippen LogP contribution in [0.3, 0.4) is 0 Å². The first kappa shape index (κ1) is 22.0. The number of carbonyl (C=O) groups excluding carboxylic acids is 3. The smallest absolute Gasteiger partial charge is 0.325 e. The van der Waals surface area contributed by atoms with Gasteiger partial charge in [0.05, 0.1) is 12.0 Å². The van der Waals surface area contributed by atoms with E-state index in [1.54, 1.807) is 6.08 Å². The molecule has 0 aliphatic carbocycles. The molecular weight excluding hydrogens is 378 g/mol. The Morgan fingerprint density at radius 1 is 1.11 bits per heavy atom. The van der Waals surface area contributed by atoms with Crippen LogP contribution in [-0.4, -0.2) is 40.8 Å². The van der Waals surface area contributed by atoms with Crippen LogP contribution in [0.25, 0.3) is 6.08 Å². The summed E-state index contributed by atoms with van der Waals surface area (Å²) in [6.07, 6.45) is 1.63. The fourth-order valence-corrected chi connectivity index (χ4v) is 3.70. The summed E-state index contributed by atoms with van der Waals surface area (Å²) in [7, 11) is 1.20. The highest BCUT2D eigenvalue weighted by Gasteiger charge is 2.37. The van der Waals surface area contributed by atoms with Gasteiger partial charge in [-0.3, -0.25) is 19.3 Å². The third-order valence-electron chi connectivity index (χ3n) is 4.43. The Kier molecular flexibility index (Phi) is 5.99. The van der Waals surface area contributed by atoms with Gasteiger partial charge in [0.2, 0.25) is 0 Å². The van der Waals surface area contributed by atoms with Gasteiger partial charge in [0.1, 0.15) is 12.3 Å². The van der Waals surface area contributed by atoms with E-state index in [0.29, 0.717) is 0 Å². The molecule has 1 N–H and O–H groups in total. The molecule has 0 atom stereocenters. The minimum Gasteiger partial charge on any atom is -0.507 e. The molecule has 0 spiro atoms. The number of hydrogen-bond donors (Lipinski definition) is 1. The minimum absolute atomic E-state index is 0.235. The molecule has 28 heavy (non-hydrogen) atoms. The molecule has 0 unspecified atom stereocenters. The lowest BCUT2D eigenvalue weighted by Crippen LogP contribution is -2.34. The second kappa shape index (κ2) is 7.62. The molecule has 1 fully saturated rings. The van der Waals surface area contributed by atoms with Crippen molar-refractivity contribution in [1.82, 2.24) is 4.90 Å². The SMILES string of the molecule is COC(=O)CN1C(=O)S/C(=C/c2cc(C(C)(C)C)c(O)c(C(C)(C)C)c2)C1=O. The van der Waals surface area contributed by atoms with Crippen molar-refractivity contribution in [3.05, 3.63) is 33.7 Å². The summed E-state index contributed by atoms with van der Waals surface area (Å²) in [5, 5.41) is 10.3. The number of phenolic OH excluding ortho intramolecular Hbond substituents is 1. The van der Waals surface area contributed by atoms with Crippen LogP contribution < -0.4 is 0 Å². The molecule has 0 saturated carbocycles. The summed E-state index contributed by atoms with van der Waals surface area (Å²) in [5.74, 6) is -0.933. The van der Waals surface area contributed by atoms with Crippen molar-refractivity contribution in [3.63, 3.8) is 0 Å². The number of benzene rings is 1. The monoisotopic (exact) mass is 405 g/mol. The van der Waals surface area contributed by atoms with Crippen LogP contribution in [0, 0.1) is 0 Å². The number of hydrogen-bond acceptors (Lipinski definition) is 6. The van der Waals surface area contributed by atoms with Gasteiger partial charge in [-0.25, -0.2) is 0 Å². The third kappa shape index (κ3) is 4.58. The first-order chi connectivity index (χ1) is 12.8. The number of amides is 2. The second-order valence-electron chi connectivity index (χ2n) is 8.81. The molecule has 1 aromatic carbocycles. The second-order valence-corrected chi connectivity index (χ2v) is 9.80. The summed E-state index contributed by atoms with van der Waals surface area (Å²) in [6.45, 7) is 11.6. The maximum Gasteiger partial charge on any atom is 0.325 e. The van der Waals surface area contributed by atoms with Crippen molar-refractivity contribution in [2.75, 3.05) is 13.7 Å². The molecule has 1 saturated heterocycles. The molecule has 6 nitrogen and oxygen atoms in total. The lowest BCUT2D eigenvalue weighted by atomic mass is 9.78. The predicted molar refractivity (Wildman–Crippen MR) is 110 cm³/mol. The number of methoxy groups -OCH3 is 1. The fraction of sp³-hybridized carbons (Fsp3) is 0.476. The van der Waals surface area contributed by atoms with E-state index in [9.17, 15) is 19.5 Å². The number of nitrogens with zero attached hydrogens (tertiary/aromatic N) is 1. The largest absolute Gasteiger partial charge is 0.507 e. The van der Waals surface area contributed by atoms with Crippen LogP contribution in [0.4, 0.5) is 4.79 Å². The lowest BCUT2D eigenvalue weighted by molar-refractivity contribution is -0.143. The van der Waals surface area contributed by atoms with Crippen molar-refractivity contribution >= 4 is 35.0 Å². The number of aromatic hydroxyl groups is 1. The molecule has 0 aromatic heterocycles. The number of thioether (sulfide) groups is 1. The Labute approximate surface area is 169 Å². The number of esters is 1. The van der Waals surface area contributed by atoms with E-state index in [-0.39, 0.29) is 21.5 Å². The number of rotatable bonds is 3. The molecule has 0 radical (unpaired) electrons. The standard InChI is InChI=1S/C21H27NO5S/c1-20(2,3)13-8-12(9-14(17(13)24)21(4,5)6)10-15-18(25)22(19(26)28-15)11-16(23)27-7/h8-10,24H,11H2,1-7H3/b15-10+. The minimum atomic E-state index is -0.654. The van der Waals surface area contributed by atoms with Crippen molar-refractivity contribution < 1.29 is 24.2 Å². The molecule has 7 heteroatoms. The summed E-state index contributed by atoms with van der Waals surface area (Å²) in [6, 6.07) is 3.66. The highest BCUT2D eigenvalue weighted by atomic mass is 32.2. The summed E-state index contributed by atoms with van der Waals surface area (Å²) < 4.78 is 4.54. The van der Waals surface area contributed by atoms with Gasteiger partial charge in [-0.15, -0.1) is 0 Å². The molecule has 0 bridgehead atoms. The molecule has 1 heterocycles. The first-order valence-corrected chi connectivity index (χ1v) is 9.77. The molecular formula is C21H27NO5S. The van der Waals surface area contributed by atoms with Crippen LogP contribution in [0.5, 0.6) is 5.75 Å². The van der Waals surface area contributed by atoms with Crippen LogP contribution in [0.2, 0.25) is 0 Å². The van der Waals surface area contributed by atoms with E-state index >= 15 is 0 Å². The van der Waals surface area contributed by atoms with Gasteiger partial charge in [-0.2, -0.15) is 0 Å². The van der Waals surface area contributed by atoms with Gasteiger partial charge < -0.3 is 9.84 Å². The maximum absolute atomic E-state index is 12.6. The Hall–Kier alpha value is -2.28. The lowest BCUT2D eigenvalue weighted by Gasteiger charge is -2.28. The average molecular weight is 406 g/mol. The van der Waals surface area contributed by atoms with Gasteiger partial charge in [0, 0.05) is 11.1 Å². The normalized spacial score (nSPS) is 16.8. The van der Waals surface area contributed by atoms with Gasteiger partial charge in [0.25, 0.3) is 11.1 Å². The maximum atomic E-state index is 12.6. The average Bonchev–Trinajstić information content (AvgIpc) is 2.81. The Bertz CT molecular complexity index is 824. The molecule has 1 aliphatic rings. The van der Waals surface area contributed by atoms with Crippen LogP contribution in [0.1, 0.15) is 58.2 Å². The number of carbonyl (C=O) groups is 3. The molecule has 1 aromatic rings. The van der Waals surface area contributed by atoms with Crippen molar-refractivity contribution in [2.45, 2.75) is 52.4 Å². The van der Waals surface area contributed by atoms with E-state index in [0.717, 1.165) is 33.4 Å². The van der Waals surface area contributed by atoms with E-state index in [1.807, 2.05) is 53.7 Å². The summed E-state index contributed by atoms with van der Waals surface area (Å²) in [5.41, 5.74) is 1.63. The van der Waals surface area contributed by atoms with Crippen LogP contribution >= 0.6 is 11.8 Å². The molecule has 2 amide bonds. The fourth-order valence-electron chi connectivity index (χ4n) is 2.86. The van der Waals surface area contributed by atoms with E-state index in [4.69, 9.17) is 0 Å². The zero-order valence-corrected chi connectivity index (χ0v) is 18.2. The number of ether oxygens (including phenoxy) is 1. The van der Waals surface area contributed by atoms with E-state index in [2.05, 4.69) is 4.74 Å². The summed E-state index contributed by atoms with van der Waals surface area (Å²) in [4.78, 5) is 37.2.